The number of piperidine rings is 1. The Bertz CT molecular complexity index is 1170. The summed E-state index contributed by atoms with van der Waals surface area (Å²) in [6, 6.07) is 13.5. The largest absolute Gasteiger partial charge is 0.504 e. The van der Waals surface area contributed by atoms with Gasteiger partial charge in [-0.25, -0.2) is 0 Å². The minimum absolute atomic E-state index is 0.0341. The van der Waals surface area contributed by atoms with Crippen molar-refractivity contribution in [3.05, 3.63) is 59.2 Å². The lowest BCUT2D eigenvalue weighted by molar-refractivity contribution is -0.942. The third-order valence-corrected chi connectivity index (χ3v) is 8.35. The van der Waals surface area contributed by atoms with Crippen molar-refractivity contribution in [2.24, 2.45) is 0 Å². The highest BCUT2D eigenvalue weighted by Crippen LogP contribution is 2.65. The molecule has 1 saturated carbocycles. The van der Waals surface area contributed by atoms with Crippen LogP contribution in [0.2, 0.25) is 0 Å². The monoisotopic (exact) mass is 416 g/mol. The standard InChI is InChI=1S/C26H25NO4/c1-27(14-5-8-17-6-3-2-4-7-17)15-13-25-22-18-9-10-19(28)23(22)31-24(25)20(29)11-12-26(25,30)21(27)16-18/h2-4,6-7,9-10,21,24,30H,11-16H2,1H3/p+1/t21-,24+,25+,26-,27-/m1/s1. The number of aromatic hydroxyl groups is 1. The van der Waals surface area contributed by atoms with Crippen LogP contribution < -0.4 is 4.74 Å². The van der Waals surface area contributed by atoms with Gasteiger partial charge in [-0.1, -0.05) is 30.2 Å². The van der Waals surface area contributed by atoms with Gasteiger partial charge in [-0.3, -0.25) is 4.79 Å². The number of phenolic OH excluding ortho intramolecular Hbond substituents is 1. The molecule has 4 aliphatic rings. The molecule has 2 heterocycles. The molecule has 5 atom stereocenters. The van der Waals surface area contributed by atoms with E-state index in [1.165, 1.54) is 0 Å². The van der Waals surface area contributed by atoms with E-state index >= 15 is 0 Å². The van der Waals surface area contributed by atoms with E-state index in [2.05, 4.69) is 18.9 Å². The number of rotatable bonds is 1. The molecular formula is C26H26NO4+. The summed E-state index contributed by atoms with van der Waals surface area (Å²) < 4.78 is 6.75. The van der Waals surface area contributed by atoms with Gasteiger partial charge in [0.2, 0.25) is 0 Å². The number of aliphatic hydroxyl groups is 1. The van der Waals surface area contributed by atoms with Crippen molar-refractivity contribution in [2.45, 2.75) is 48.8 Å². The molecule has 5 nitrogen and oxygen atoms in total. The number of quaternary nitrogens is 1. The van der Waals surface area contributed by atoms with Crippen molar-refractivity contribution in [1.82, 2.24) is 0 Å². The maximum absolute atomic E-state index is 12.9. The minimum atomic E-state index is -1.06. The van der Waals surface area contributed by atoms with Gasteiger partial charge in [0.15, 0.2) is 23.4 Å². The van der Waals surface area contributed by atoms with E-state index in [1.54, 1.807) is 6.07 Å². The van der Waals surface area contributed by atoms with Crippen LogP contribution in [0.25, 0.3) is 0 Å². The van der Waals surface area contributed by atoms with Crippen LogP contribution in [0.15, 0.2) is 42.5 Å². The highest BCUT2D eigenvalue weighted by atomic mass is 16.5. The first-order valence-corrected chi connectivity index (χ1v) is 11.0. The number of ketones is 1. The second-order valence-corrected chi connectivity index (χ2v) is 9.81. The van der Waals surface area contributed by atoms with Crippen molar-refractivity contribution in [3.8, 4) is 23.3 Å². The van der Waals surface area contributed by atoms with Gasteiger partial charge in [0.25, 0.3) is 0 Å². The first-order valence-electron chi connectivity index (χ1n) is 11.0. The second kappa shape index (κ2) is 6.12. The summed E-state index contributed by atoms with van der Waals surface area (Å²) >= 11 is 0. The van der Waals surface area contributed by atoms with E-state index in [0.717, 1.165) is 23.2 Å². The Morgan fingerprint density at radius 3 is 2.81 bits per heavy atom. The number of likely N-dealkylation sites (tertiary alicyclic amines) is 1. The summed E-state index contributed by atoms with van der Waals surface area (Å²) in [7, 11) is 2.18. The first kappa shape index (κ1) is 18.9. The molecule has 2 aromatic rings. The molecule has 2 fully saturated rings. The van der Waals surface area contributed by atoms with E-state index in [-0.39, 0.29) is 17.6 Å². The Hall–Kier alpha value is -2.81. The molecule has 158 valence electrons. The lowest BCUT2D eigenvalue weighted by Crippen LogP contribution is -2.80. The Morgan fingerprint density at radius 2 is 2.00 bits per heavy atom. The van der Waals surface area contributed by atoms with Crippen molar-refractivity contribution in [3.63, 3.8) is 0 Å². The van der Waals surface area contributed by atoms with Crippen molar-refractivity contribution in [1.29, 1.82) is 0 Å². The van der Waals surface area contributed by atoms with Gasteiger partial charge in [-0.05, 0) is 36.1 Å². The SMILES string of the molecule is C[N@@+]1(CC#Cc2ccccc2)CC[C@]23c4c5ccc(O)c4O[C@H]2C(=O)CC[C@@]3(O)[C@H]1C5. The number of carbonyl (C=O) groups is 1. The molecule has 0 aromatic heterocycles. The van der Waals surface area contributed by atoms with Gasteiger partial charge in [0.05, 0.1) is 19.0 Å². The molecular weight excluding hydrogens is 390 g/mol. The van der Waals surface area contributed by atoms with Crippen molar-refractivity contribution >= 4 is 5.78 Å². The number of hydrogen-bond donors (Lipinski definition) is 2. The topological polar surface area (TPSA) is 66.8 Å². The van der Waals surface area contributed by atoms with Crippen LogP contribution in [0.4, 0.5) is 0 Å². The fraction of sp³-hybridized carbons (Fsp3) is 0.423. The lowest BCUT2D eigenvalue weighted by atomic mass is 9.48. The van der Waals surface area contributed by atoms with Crippen molar-refractivity contribution in [2.75, 3.05) is 20.1 Å². The van der Waals surface area contributed by atoms with E-state index in [0.29, 0.717) is 42.5 Å². The van der Waals surface area contributed by atoms with Gasteiger partial charge in [0, 0.05) is 30.4 Å². The minimum Gasteiger partial charge on any atom is -0.504 e. The number of Topliss-reactive ketones (excluding diaryl/α,β-unsaturated/α-hetero) is 1. The molecule has 0 amide bonds. The zero-order chi connectivity index (χ0) is 21.4. The molecule has 2 aliphatic carbocycles. The summed E-state index contributed by atoms with van der Waals surface area (Å²) in [5.41, 5.74) is 1.13. The smallest absolute Gasteiger partial charge is 0.174 e. The number of nitrogens with zero attached hydrogens (tertiary/aromatic N) is 1. The second-order valence-electron chi connectivity index (χ2n) is 9.81. The number of hydrogen-bond acceptors (Lipinski definition) is 4. The van der Waals surface area contributed by atoms with Gasteiger partial charge in [-0.15, -0.1) is 0 Å². The normalized spacial score (nSPS) is 36.8. The highest BCUT2D eigenvalue weighted by Gasteiger charge is 2.76. The average Bonchev–Trinajstić information content (AvgIpc) is 3.13. The van der Waals surface area contributed by atoms with Crippen LogP contribution in [-0.4, -0.2) is 58.4 Å². The molecule has 2 N–H and O–H groups in total. The van der Waals surface area contributed by atoms with Crippen LogP contribution in [0, 0.1) is 11.8 Å². The fourth-order valence-corrected chi connectivity index (χ4v) is 6.86. The first-order chi connectivity index (χ1) is 14.9. The van der Waals surface area contributed by atoms with E-state index < -0.39 is 17.1 Å². The number of carbonyl (C=O) groups excluding carboxylic acids is 1. The zero-order valence-corrected chi connectivity index (χ0v) is 17.6. The molecule has 5 heteroatoms. The number of phenols is 1. The summed E-state index contributed by atoms with van der Waals surface area (Å²) in [5.74, 6) is 7.14. The molecule has 2 aromatic carbocycles. The summed E-state index contributed by atoms with van der Waals surface area (Å²) in [4.78, 5) is 12.9. The summed E-state index contributed by atoms with van der Waals surface area (Å²) in [6.07, 6.45) is 1.36. The Kier molecular flexibility index (Phi) is 3.74. The van der Waals surface area contributed by atoms with E-state index in [9.17, 15) is 15.0 Å². The number of likely N-dealkylation sites (N-methyl/N-ethyl adjacent to an activating group) is 1. The van der Waals surface area contributed by atoms with Gasteiger partial charge < -0.3 is 19.4 Å². The van der Waals surface area contributed by atoms with Crippen molar-refractivity contribution < 1.29 is 24.2 Å². The fourth-order valence-electron chi connectivity index (χ4n) is 6.86. The molecule has 1 spiro atoms. The third-order valence-electron chi connectivity index (χ3n) is 8.35. The quantitative estimate of drug-likeness (QED) is 0.553. The van der Waals surface area contributed by atoms with E-state index in [4.69, 9.17) is 4.74 Å². The molecule has 31 heavy (non-hydrogen) atoms. The highest BCUT2D eigenvalue weighted by molar-refractivity contribution is 5.90. The number of benzene rings is 2. The molecule has 6 rings (SSSR count). The van der Waals surface area contributed by atoms with Gasteiger partial charge in [0.1, 0.15) is 18.2 Å². The van der Waals surface area contributed by atoms with Gasteiger partial charge in [-0.2, -0.15) is 0 Å². The summed E-state index contributed by atoms with van der Waals surface area (Å²) in [6.45, 7) is 1.44. The lowest BCUT2D eigenvalue weighted by Gasteiger charge is -2.63. The predicted octanol–water partition coefficient (Wildman–Crippen LogP) is 2.31. The van der Waals surface area contributed by atoms with Crippen LogP contribution in [0.1, 0.15) is 36.0 Å². The predicted molar refractivity (Wildman–Crippen MR) is 115 cm³/mol. The molecule has 0 unspecified atom stereocenters. The Labute approximate surface area is 181 Å². The molecule has 2 bridgehead atoms. The Balaban J connectivity index is 1.46. The molecule has 2 aliphatic heterocycles. The van der Waals surface area contributed by atoms with E-state index in [1.807, 2.05) is 36.4 Å². The average molecular weight is 416 g/mol. The maximum atomic E-state index is 12.9. The van der Waals surface area contributed by atoms with Crippen LogP contribution in [0.3, 0.4) is 0 Å². The number of ether oxygens (including phenoxy) is 1. The third kappa shape index (κ3) is 2.27. The van der Waals surface area contributed by atoms with Crippen LogP contribution in [0.5, 0.6) is 11.5 Å². The summed E-state index contributed by atoms with van der Waals surface area (Å²) in [5, 5.41) is 22.8. The molecule has 0 radical (unpaired) electrons. The zero-order valence-electron chi connectivity index (χ0n) is 17.6. The van der Waals surface area contributed by atoms with Gasteiger partial charge >= 0.3 is 0 Å². The molecule has 1 saturated heterocycles. The van der Waals surface area contributed by atoms with Crippen LogP contribution in [-0.2, 0) is 16.6 Å². The maximum Gasteiger partial charge on any atom is 0.174 e. The van der Waals surface area contributed by atoms with Crippen LogP contribution >= 0.6 is 0 Å². The Morgan fingerprint density at radius 1 is 1.19 bits per heavy atom.